The van der Waals surface area contributed by atoms with E-state index in [2.05, 4.69) is 10.3 Å². The fourth-order valence-corrected chi connectivity index (χ4v) is 5.49. The first kappa shape index (κ1) is 26.8. The summed E-state index contributed by atoms with van der Waals surface area (Å²) in [7, 11) is -4.85. The summed E-state index contributed by atoms with van der Waals surface area (Å²) in [5.41, 5.74) is 5.23. The van der Waals surface area contributed by atoms with E-state index in [4.69, 9.17) is 5.73 Å². The lowest BCUT2D eigenvalue weighted by Crippen LogP contribution is -2.20. The number of nitrogens with one attached hydrogen (secondary N) is 2. The number of amides is 1. The number of aromatic nitrogens is 1. The van der Waals surface area contributed by atoms with Crippen molar-refractivity contribution in [3.05, 3.63) is 107 Å². The third kappa shape index (κ3) is 4.86. The van der Waals surface area contributed by atoms with E-state index in [0.29, 0.717) is 46.8 Å². The monoisotopic (exact) mass is 570 g/mol. The molecule has 5 rings (SSSR count). The van der Waals surface area contributed by atoms with Gasteiger partial charge in [0, 0.05) is 29.4 Å². The van der Waals surface area contributed by atoms with Crippen LogP contribution in [0, 0.1) is 23.3 Å². The molecule has 1 aliphatic heterocycles. The summed E-state index contributed by atoms with van der Waals surface area (Å²) in [5, 5.41) is 2.90. The van der Waals surface area contributed by atoms with Gasteiger partial charge in [0.15, 0.2) is 11.6 Å². The van der Waals surface area contributed by atoms with Crippen LogP contribution < -0.4 is 15.8 Å². The number of Topliss-reactive ketones (excluding diaryl/α,β-unsaturated/α-hetero) is 1. The molecule has 3 aromatic carbocycles. The van der Waals surface area contributed by atoms with Gasteiger partial charge in [0.25, 0.3) is 10.0 Å². The van der Waals surface area contributed by atoms with E-state index in [1.807, 2.05) is 0 Å². The van der Waals surface area contributed by atoms with E-state index < -0.39 is 67.0 Å². The molecule has 8 nitrogen and oxygen atoms in total. The summed E-state index contributed by atoms with van der Waals surface area (Å²) in [6.07, 6.45) is 1.51. The van der Waals surface area contributed by atoms with Crippen molar-refractivity contribution in [2.24, 2.45) is 5.73 Å². The lowest BCUT2D eigenvalue weighted by molar-refractivity contribution is 0.0956. The number of pyridine rings is 1. The van der Waals surface area contributed by atoms with Crippen molar-refractivity contribution in [1.82, 2.24) is 4.98 Å². The number of halogens is 4. The predicted molar refractivity (Wildman–Crippen MR) is 137 cm³/mol. The van der Waals surface area contributed by atoms with Crippen LogP contribution in [-0.2, 0) is 10.0 Å². The number of hydrogen-bond donors (Lipinski definition) is 3. The Morgan fingerprint density at radius 1 is 0.925 bits per heavy atom. The Kier molecular flexibility index (Phi) is 6.75. The highest BCUT2D eigenvalue weighted by Crippen LogP contribution is 2.37. The molecule has 4 N–H and O–H groups in total. The number of sulfonamides is 1. The Morgan fingerprint density at radius 2 is 1.62 bits per heavy atom. The normalized spacial score (nSPS) is 14.3. The van der Waals surface area contributed by atoms with Crippen molar-refractivity contribution in [2.45, 2.75) is 10.8 Å². The minimum atomic E-state index is -4.85. The largest absolute Gasteiger partial charge is 0.369 e. The molecule has 1 aromatic heterocycles. The predicted octanol–water partition coefficient (Wildman–Crippen LogP) is 4.60. The Bertz CT molecular complexity index is 1800. The van der Waals surface area contributed by atoms with Crippen LogP contribution in [0.1, 0.15) is 32.2 Å². The maximum absolute atomic E-state index is 15.5. The smallest absolute Gasteiger partial charge is 0.265 e. The summed E-state index contributed by atoms with van der Waals surface area (Å²) in [5.74, 6) is -7.51. The molecule has 0 bridgehead atoms. The summed E-state index contributed by atoms with van der Waals surface area (Å²) >= 11 is 0. The van der Waals surface area contributed by atoms with Gasteiger partial charge in [-0.2, -0.15) is 0 Å². The first-order chi connectivity index (χ1) is 19.0. The third-order valence-electron chi connectivity index (χ3n) is 6.35. The molecular weight excluding hydrogens is 552 g/mol. The van der Waals surface area contributed by atoms with E-state index in [1.165, 1.54) is 18.3 Å². The van der Waals surface area contributed by atoms with Crippen molar-refractivity contribution >= 4 is 33.2 Å². The minimum Gasteiger partial charge on any atom is -0.369 e. The number of benzene rings is 3. The molecule has 0 saturated heterocycles. The van der Waals surface area contributed by atoms with Gasteiger partial charge >= 0.3 is 0 Å². The summed E-state index contributed by atoms with van der Waals surface area (Å²) in [6.45, 7) is -0.0471. The Morgan fingerprint density at radius 3 is 2.33 bits per heavy atom. The number of nitrogens with two attached hydrogens (primary N) is 1. The number of rotatable bonds is 7. The average molecular weight is 571 g/mol. The van der Waals surface area contributed by atoms with Gasteiger partial charge in [-0.3, -0.25) is 14.3 Å². The number of carbonyl (C=O) groups is 2. The third-order valence-corrected chi connectivity index (χ3v) is 7.73. The van der Waals surface area contributed by atoms with Crippen LogP contribution >= 0.6 is 0 Å². The number of anilines is 2. The highest BCUT2D eigenvalue weighted by molar-refractivity contribution is 7.92. The summed E-state index contributed by atoms with van der Waals surface area (Å²) in [6, 6.07) is 11.0. The molecule has 1 aliphatic rings. The van der Waals surface area contributed by atoms with Gasteiger partial charge in [-0.1, -0.05) is 12.1 Å². The van der Waals surface area contributed by atoms with Gasteiger partial charge in [0.2, 0.25) is 5.91 Å². The van der Waals surface area contributed by atoms with E-state index in [9.17, 15) is 31.2 Å². The number of fused-ring (bicyclic) bond motifs is 1. The van der Waals surface area contributed by atoms with Crippen LogP contribution in [-0.4, -0.2) is 31.6 Å². The Labute approximate surface area is 224 Å². The molecule has 2 heterocycles. The quantitative estimate of drug-likeness (QED) is 0.220. The number of primary amides is 1. The van der Waals surface area contributed by atoms with Gasteiger partial charge in [0.05, 0.1) is 17.2 Å². The maximum Gasteiger partial charge on any atom is 0.265 e. The molecule has 1 unspecified atom stereocenters. The van der Waals surface area contributed by atoms with Crippen LogP contribution in [0.25, 0.3) is 11.1 Å². The summed E-state index contributed by atoms with van der Waals surface area (Å²) < 4.78 is 84.9. The highest BCUT2D eigenvalue weighted by Gasteiger charge is 2.35. The van der Waals surface area contributed by atoms with Gasteiger partial charge in [-0.15, -0.1) is 0 Å². The maximum atomic E-state index is 15.5. The van der Waals surface area contributed by atoms with Gasteiger partial charge < -0.3 is 11.1 Å². The fraction of sp³-hybridized carbons (Fsp3) is 0.0741. The van der Waals surface area contributed by atoms with Crippen molar-refractivity contribution < 1.29 is 35.6 Å². The topological polar surface area (TPSA) is 131 Å². The number of nitrogens with zero attached hydrogens (tertiary/aromatic N) is 1. The molecule has 1 atom stereocenters. The second-order valence-corrected chi connectivity index (χ2v) is 10.5. The first-order valence-electron chi connectivity index (χ1n) is 11.6. The lowest BCUT2D eigenvalue weighted by atomic mass is 9.91. The lowest BCUT2D eigenvalue weighted by Gasteiger charge is -2.15. The molecule has 0 spiro atoms. The molecule has 13 heteroatoms. The van der Waals surface area contributed by atoms with E-state index in [0.717, 1.165) is 6.07 Å². The van der Waals surface area contributed by atoms with Crippen molar-refractivity contribution in [2.75, 3.05) is 16.6 Å². The molecule has 40 heavy (non-hydrogen) atoms. The molecule has 204 valence electrons. The molecule has 0 fully saturated rings. The van der Waals surface area contributed by atoms with Gasteiger partial charge in [-0.05, 0) is 54.1 Å². The van der Waals surface area contributed by atoms with E-state index in [-0.39, 0.29) is 12.1 Å². The molecule has 0 aliphatic carbocycles. The fourth-order valence-electron chi connectivity index (χ4n) is 4.34. The van der Waals surface area contributed by atoms with Crippen LogP contribution in [0.4, 0.5) is 29.1 Å². The zero-order valence-electron chi connectivity index (χ0n) is 20.2. The van der Waals surface area contributed by atoms with Crippen LogP contribution in [0.5, 0.6) is 0 Å². The SMILES string of the molecule is NC(=O)c1ccc(-c2cnc3c(c2)C(C(=O)c2c(F)ccc(NS(=O)(=O)c4cc(F)ccc4F)c2F)CN3)cc1. The second kappa shape index (κ2) is 10.1. The van der Waals surface area contributed by atoms with Crippen molar-refractivity contribution in [1.29, 1.82) is 0 Å². The number of ketones is 1. The highest BCUT2D eigenvalue weighted by atomic mass is 32.2. The average Bonchev–Trinajstić information content (AvgIpc) is 3.35. The zero-order valence-corrected chi connectivity index (χ0v) is 21.0. The van der Waals surface area contributed by atoms with E-state index >= 15 is 4.39 Å². The zero-order chi connectivity index (χ0) is 28.8. The second-order valence-electron chi connectivity index (χ2n) is 8.87. The number of carbonyl (C=O) groups excluding carboxylic acids is 2. The Hall–Kier alpha value is -4.78. The molecule has 1 amide bonds. The van der Waals surface area contributed by atoms with Gasteiger partial charge in [-0.25, -0.2) is 31.0 Å². The van der Waals surface area contributed by atoms with Crippen LogP contribution in [0.3, 0.4) is 0 Å². The standard InChI is InChI=1S/C27H18F4N4O4S/c28-16-5-6-19(29)22(10-16)40(38,39)35-21-8-7-20(30)23(24(21)31)25(36)18-12-34-27-17(18)9-15(11-33-27)13-1-3-14(4-2-13)26(32)37/h1-11,18,35H,12H2,(H2,32,37)(H,33,34). The molecular formula is C27H18F4N4O4S. The van der Waals surface area contributed by atoms with Crippen LogP contribution in [0.2, 0.25) is 0 Å². The minimum absolute atomic E-state index is 0.0471. The Balaban J connectivity index is 1.48. The molecule has 0 saturated carbocycles. The van der Waals surface area contributed by atoms with Crippen molar-refractivity contribution in [3.63, 3.8) is 0 Å². The molecule has 0 radical (unpaired) electrons. The van der Waals surface area contributed by atoms with Crippen LogP contribution in [0.15, 0.2) is 71.8 Å². The first-order valence-corrected chi connectivity index (χ1v) is 13.1. The van der Waals surface area contributed by atoms with Crippen molar-refractivity contribution in [3.8, 4) is 11.1 Å². The summed E-state index contributed by atoms with van der Waals surface area (Å²) in [4.78, 5) is 27.9. The van der Waals surface area contributed by atoms with E-state index in [1.54, 1.807) is 22.9 Å². The molecule has 4 aromatic rings. The van der Waals surface area contributed by atoms with Gasteiger partial charge in [0.1, 0.15) is 28.2 Å². The number of hydrogen-bond acceptors (Lipinski definition) is 6.